The van der Waals surface area contributed by atoms with E-state index in [1.165, 1.54) is 6.07 Å². The minimum Gasteiger partial charge on any atom is -0.475 e. The Balaban J connectivity index is 2.41. The number of halogens is 3. The molecule has 0 amide bonds. The fourth-order valence-electron chi connectivity index (χ4n) is 0.875. The van der Waals surface area contributed by atoms with Gasteiger partial charge in [0, 0.05) is 12.6 Å². The molecule has 0 aliphatic heterocycles. The summed E-state index contributed by atoms with van der Waals surface area (Å²) in [6.45, 7) is -0.351. The van der Waals surface area contributed by atoms with Gasteiger partial charge in [0.15, 0.2) is 5.88 Å². The van der Waals surface area contributed by atoms with Crippen LogP contribution in [0.15, 0.2) is 16.5 Å². The highest BCUT2D eigenvalue weighted by Crippen LogP contribution is 2.20. The molecule has 0 saturated carbocycles. The van der Waals surface area contributed by atoms with E-state index in [9.17, 15) is 18.0 Å². The van der Waals surface area contributed by atoms with E-state index in [1.54, 1.807) is 0 Å². The van der Waals surface area contributed by atoms with E-state index in [2.05, 4.69) is 9.73 Å². The van der Waals surface area contributed by atoms with Crippen molar-refractivity contribution in [2.75, 3.05) is 11.9 Å². The van der Waals surface area contributed by atoms with E-state index in [0.29, 0.717) is 0 Å². The average molecular weight is 223 g/mol. The van der Waals surface area contributed by atoms with Crippen LogP contribution >= 0.6 is 0 Å². The number of hydrogen-bond acceptors (Lipinski definition) is 3. The lowest BCUT2D eigenvalue weighted by atomic mass is 10.4. The van der Waals surface area contributed by atoms with Crippen LogP contribution in [-0.2, 0) is 0 Å². The van der Waals surface area contributed by atoms with Gasteiger partial charge in [0.1, 0.15) is 0 Å². The Morgan fingerprint density at radius 3 is 2.60 bits per heavy atom. The summed E-state index contributed by atoms with van der Waals surface area (Å²) < 4.78 is 39.9. The van der Waals surface area contributed by atoms with Gasteiger partial charge in [-0.15, -0.1) is 0 Å². The second kappa shape index (κ2) is 4.24. The molecule has 0 saturated heterocycles. The van der Waals surface area contributed by atoms with Crippen molar-refractivity contribution in [3.63, 3.8) is 0 Å². The molecule has 0 fully saturated rings. The van der Waals surface area contributed by atoms with Crippen LogP contribution in [0.1, 0.15) is 17.0 Å². The molecule has 4 nitrogen and oxygen atoms in total. The molecule has 1 aromatic rings. The minimum absolute atomic E-state index is 0.0108. The molecule has 0 aromatic carbocycles. The number of rotatable bonds is 4. The zero-order valence-electron chi connectivity index (χ0n) is 7.47. The van der Waals surface area contributed by atoms with Crippen molar-refractivity contribution in [1.82, 2.24) is 0 Å². The van der Waals surface area contributed by atoms with Crippen LogP contribution in [0.25, 0.3) is 0 Å². The standard InChI is InChI=1S/C8H8F3NO3/c9-8(10,11)3-4-12-6-2-1-5(15-6)7(13)14/h1-2,12H,3-4H2,(H,13,14). The fourth-order valence-corrected chi connectivity index (χ4v) is 0.875. The number of carbonyl (C=O) groups is 1. The lowest BCUT2D eigenvalue weighted by Crippen LogP contribution is -2.14. The van der Waals surface area contributed by atoms with Crippen molar-refractivity contribution < 1.29 is 27.5 Å². The van der Waals surface area contributed by atoms with Crippen molar-refractivity contribution in [2.45, 2.75) is 12.6 Å². The summed E-state index contributed by atoms with van der Waals surface area (Å²) in [6.07, 6.45) is -5.24. The molecule has 0 radical (unpaired) electrons. The zero-order chi connectivity index (χ0) is 11.5. The smallest absolute Gasteiger partial charge is 0.390 e. The van der Waals surface area contributed by atoms with Crippen molar-refractivity contribution in [2.24, 2.45) is 0 Å². The molecular weight excluding hydrogens is 215 g/mol. The number of hydrogen-bond donors (Lipinski definition) is 2. The maximum atomic E-state index is 11.7. The second-order valence-electron chi connectivity index (χ2n) is 2.76. The quantitative estimate of drug-likeness (QED) is 0.822. The van der Waals surface area contributed by atoms with Gasteiger partial charge in [0.2, 0.25) is 5.76 Å². The van der Waals surface area contributed by atoms with E-state index >= 15 is 0 Å². The molecule has 0 unspecified atom stereocenters. The predicted molar refractivity (Wildman–Crippen MR) is 44.8 cm³/mol. The lowest BCUT2D eigenvalue weighted by molar-refractivity contribution is -0.131. The van der Waals surface area contributed by atoms with Crippen LogP contribution in [0, 0.1) is 0 Å². The van der Waals surface area contributed by atoms with Gasteiger partial charge in [-0.2, -0.15) is 13.2 Å². The van der Waals surface area contributed by atoms with Gasteiger partial charge in [0.05, 0.1) is 6.42 Å². The van der Waals surface area contributed by atoms with Crippen molar-refractivity contribution in [3.8, 4) is 0 Å². The second-order valence-corrected chi connectivity index (χ2v) is 2.76. The van der Waals surface area contributed by atoms with Gasteiger partial charge >= 0.3 is 12.1 Å². The third-order valence-electron chi connectivity index (χ3n) is 1.52. The van der Waals surface area contributed by atoms with E-state index in [0.717, 1.165) is 6.07 Å². The Kier molecular flexibility index (Phi) is 3.23. The number of furan rings is 1. The van der Waals surface area contributed by atoms with Crippen molar-refractivity contribution in [1.29, 1.82) is 0 Å². The van der Waals surface area contributed by atoms with Crippen LogP contribution in [0.2, 0.25) is 0 Å². The highest BCUT2D eigenvalue weighted by Gasteiger charge is 2.26. The molecule has 1 aromatic heterocycles. The average Bonchev–Trinajstić information content (AvgIpc) is 2.50. The van der Waals surface area contributed by atoms with E-state index in [1.807, 2.05) is 0 Å². The largest absolute Gasteiger partial charge is 0.475 e. The molecule has 0 bridgehead atoms. The molecule has 0 spiro atoms. The number of nitrogens with one attached hydrogen (secondary N) is 1. The number of aromatic carboxylic acids is 1. The molecule has 1 heterocycles. The predicted octanol–water partition coefficient (Wildman–Crippen LogP) is 2.34. The zero-order valence-corrected chi connectivity index (χ0v) is 7.47. The first-order chi connectivity index (χ1) is 6.88. The van der Waals surface area contributed by atoms with Crippen molar-refractivity contribution in [3.05, 3.63) is 17.9 Å². The molecule has 15 heavy (non-hydrogen) atoms. The van der Waals surface area contributed by atoms with Gasteiger partial charge < -0.3 is 14.8 Å². The summed E-state index contributed by atoms with van der Waals surface area (Å²) in [5.74, 6) is -1.57. The monoisotopic (exact) mass is 223 g/mol. The number of carboxylic acid groups (broad SMARTS) is 1. The molecular formula is C8H8F3NO3. The third kappa shape index (κ3) is 3.92. The minimum atomic E-state index is -4.24. The molecule has 7 heteroatoms. The third-order valence-corrected chi connectivity index (χ3v) is 1.52. The van der Waals surface area contributed by atoms with Gasteiger partial charge in [-0.1, -0.05) is 0 Å². The fraction of sp³-hybridized carbons (Fsp3) is 0.375. The van der Waals surface area contributed by atoms with Crippen LogP contribution in [0.3, 0.4) is 0 Å². The van der Waals surface area contributed by atoms with Gasteiger partial charge in [0.25, 0.3) is 0 Å². The van der Waals surface area contributed by atoms with Crippen LogP contribution < -0.4 is 5.32 Å². The Morgan fingerprint density at radius 1 is 1.47 bits per heavy atom. The number of alkyl halides is 3. The number of carboxylic acids is 1. The molecule has 0 aliphatic rings. The van der Waals surface area contributed by atoms with Gasteiger partial charge in [-0.25, -0.2) is 4.79 Å². The first-order valence-corrected chi connectivity index (χ1v) is 4.02. The normalized spacial score (nSPS) is 11.4. The summed E-state index contributed by atoms with van der Waals surface area (Å²) in [5.41, 5.74) is 0. The highest BCUT2D eigenvalue weighted by molar-refractivity contribution is 5.84. The Labute approximate surface area is 82.7 Å². The lowest BCUT2D eigenvalue weighted by Gasteiger charge is -2.06. The van der Waals surface area contributed by atoms with Crippen LogP contribution in [0.4, 0.5) is 19.1 Å². The van der Waals surface area contributed by atoms with Crippen LogP contribution in [-0.4, -0.2) is 23.8 Å². The Morgan fingerprint density at radius 2 is 2.13 bits per heavy atom. The number of anilines is 1. The topological polar surface area (TPSA) is 62.5 Å². The van der Waals surface area contributed by atoms with Gasteiger partial charge in [-0.05, 0) is 6.07 Å². The molecule has 84 valence electrons. The maximum Gasteiger partial charge on any atom is 0.390 e. The van der Waals surface area contributed by atoms with Crippen LogP contribution in [0.5, 0.6) is 0 Å². The molecule has 0 aliphatic carbocycles. The van der Waals surface area contributed by atoms with E-state index in [-0.39, 0.29) is 18.2 Å². The Bertz CT molecular complexity index is 345. The summed E-state index contributed by atoms with van der Waals surface area (Å²) in [5, 5.41) is 10.8. The summed E-state index contributed by atoms with van der Waals surface area (Å²) in [4.78, 5) is 10.3. The molecule has 0 atom stereocenters. The van der Waals surface area contributed by atoms with Crippen molar-refractivity contribution >= 4 is 11.9 Å². The van der Waals surface area contributed by atoms with E-state index < -0.39 is 18.6 Å². The first kappa shape index (κ1) is 11.4. The highest BCUT2D eigenvalue weighted by atomic mass is 19.4. The molecule has 1 rings (SSSR count). The summed E-state index contributed by atoms with van der Waals surface area (Å²) in [7, 11) is 0. The SMILES string of the molecule is O=C(O)c1ccc(NCCC(F)(F)F)o1. The first-order valence-electron chi connectivity index (χ1n) is 4.02. The summed E-state index contributed by atoms with van der Waals surface area (Å²) >= 11 is 0. The molecule has 2 N–H and O–H groups in total. The van der Waals surface area contributed by atoms with Gasteiger partial charge in [-0.3, -0.25) is 0 Å². The summed E-state index contributed by atoms with van der Waals surface area (Å²) in [6, 6.07) is 2.43. The van der Waals surface area contributed by atoms with E-state index in [4.69, 9.17) is 5.11 Å². The Hall–Kier alpha value is -1.66. The maximum absolute atomic E-state index is 11.7.